The van der Waals surface area contributed by atoms with E-state index < -0.39 is 0 Å². The maximum Gasteiger partial charge on any atom is 0.161 e. The molecule has 118 valence electrons. The van der Waals surface area contributed by atoms with Gasteiger partial charge in [0, 0.05) is 33.6 Å². The Hall–Kier alpha value is -2.27. The summed E-state index contributed by atoms with van der Waals surface area (Å²) in [7, 11) is 3.33. The van der Waals surface area contributed by atoms with Crippen molar-refractivity contribution in [3.63, 3.8) is 0 Å². The molecule has 2 heterocycles. The highest BCUT2D eigenvalue weighted by atomic mass is 32.1. The Kier molecular flexibility index (Phi) is 3.03. The molecule has 4 nitrogen and oxygen atoms in total. The number of aromatic nitrogens is 1. The second-order valence-electron chi connectivity index (χ2n) is 5.86. The first-order valence-corrected chi connectivity index (χ1v) is 8.30. The largest absolute Gasteiger partial charge is 0.493 e. The zero-order valence-corrected chi connectivity index (χ0v) is 14.4. The fourth-order valence-corrected chi connectivity index (χ4v) is 4.57. The lowest BCUT2D eigenvalue weighted by Gasteiger charge is -2.12. The van der Waals surface area contributed by atoms with Gasteiger partial charge < -0.3 is 15.2 Å². The summed E-state index contributed by atoms with van der Waals surface area (Å²) in [6, 6.07) is 4.12. The molecule has 23 heavy (non-hydrogen) atoms. The minimum Gasteiger partial charge on any atom is -0.493 e. The number of rotatable bonds is 2. The summed E-state index contributed by atoms with van der Waals surface area (Å²) < 4.78 is 10.9. The molecule has 0 aliphatic heterocycles. The predicted molar refractivity (Wildman–Crippen MR) is 94.9 cm³/mol. The molecule has 1 aromatic carbocycles. The molecular formula is C18H18N2O2S. The van der Waals surface area contributed by atoms with Gasteiger partial charge in [0.25, 0.3) is 0 Å². The molecule has 2 aromatic heterocycles. The first kappa shape index (κ1) is 14.3. The van der Waals surface area contributed by atoms with Gasteiger partial charge in [0.1, 0.15) is 4.83 Å². The number of pyridine rings is 1. The maximum absolute atomic E-state index is 6.43. The minimum atomic E-state index is 0.744. The summed E-state index contributed by atoms with van der Waals surface area (Å²) in [6.07, 6.45) is 0.892. The van der Waals surface area contributed by atoms with E-state index in [9.17, 15) is 0 Å². The SMILES string of the molecule is COc1cc2c(cc1OC)-c1c(sc3nc(C)c(C)c(N)c13)C2. The van der Waals surface area contributed by atoms with Crippen LogP contribution in [-0.4, -0.2) is 19.2 Å². The van der Waals surface area contributed by atoms with Crippen molar-refractivity contribution in [1.29, 1.82) is 0 Å². The van der Waals surface area contributed by atoms with Crippen molar-refractivity contribution < 1.29 is 9.47 Å². The summed E-state index contributed by atoms with van der Waals surface area (Å²) >= 11 is 1.73. The van der Waals surface area contributed by atoms with Crippen LogP contribution in [0.2, 0.25) is 0 Å². The van der Waals surface area contributed by atoms with Crippen LogP contribution in [0.1, 0.15) is 21.7 Å². The Morgan fingerprint density at radius 2 is 1.83 bits per heavy atom. The second-order valence-corrected chi connectivity index (χ2v) is 6.94. The van der Waals surface area contributed by atoms with E-state index in [1.807, 2.05) is 13.8 Å². The molecule has 1 aliphatic rings. The standard InChI is InChI=1S/C18H18N2O2S/c1-8-9(2)20-18-16(17(8)19)15-11-7-13(22-4)12(21-3)5-10(11)6-14(15)23-18/h5,7H,6H2,1-4H3,(H2,19,20). The van der Waals surface area contributed by atoms with Crippen LogP contribution in [0.25, 0.3) is 21.3 Å². The van der Waals surface area contributed by atoms with Crippen molar-refractivity contribution in [2.45, 2.75) is 20.3 Å². The first-order chi connectivity index (χ1) is 11.0. The molecule has 0 radical (unpaired) electrons. The van der Waals surface area contributed by atoms with Gasteiger partial charge in [-0.1, -0.05) is 0 Å². The third kappa shape index (κ3) is 1.86. The molecular weight excluding hydrogens is 308 g/mol. The van der Waals surface area contributed by atoms with Gasteiger partial charge in [-0.05, 0) is 42.7 Å². The molecule has 3 aromatic rings. The van der Waals surface area contributed by atoms with Crippen LogP contribution in [0, 0.1) is 13.8 Å². The zero-order chi connectivity index (χ0) is 16.3. The maximum atomic E-state index is 6.43. The van der Waals surface area contributed by atoms with Gasteiger partial charge in [-0.3, -0.25) is 0 Å². The third-order valence-electron chi connectivity index (χ3n) is 4.68. The molecule has 1 aliphatic carbocycles. The highest BCUT2D eigenvalue weighted by Crippen LogP contribution is 2.50. The fraction of sp³-hybridized carbons (Fsp3) is 0.278. The summed E-state index contributed by atoms with van der Waals surface area (Å²) in [5, 5.41) is 1.08. The smallest absolute Gasteiger partial charge is 0.161 e. The highest BCUT2D eigenvalue weighted by Gasteiger charge is 2.28. The Bertz CT molecular complexity index is 960. The number of thiophene rings is 1. The number of ether oxygens (including phenoxy) is 2. The van der Waals surface area contributed by atoms with E-state index in [2.05, 4.69) is 12.1 Å². The van der Waals surface area contributed by atoms with E-state index in [4.69, 9.17) is 20.2 Å². The molecule has 0 bridgehead atoms. The van der Waals surface area contributed by atoms with Crippen LogP contribution in [0.3, 0.4) is 0 Å². The van der Waals surface area contributed by atoms with Crippen LogP contribution in [-0.2, 0) is 6.42 Å². The van der Waals surface area contributed by atoms with Crippen LogP contribution in [0.15, 0.2) is 12.1 Å². The van der Waals surface area contributed by atoms with Crippen LogP contribution in [0.4, 0.5) is 5.69 Å². The lowest BCUT2D eigenvalue weighted by atomic mass is 10.0. The average molecular weight is 326 g/mol. The summed E-state index contributed by atoms with van der Waals surface area (Å²) in [4.78, 5) is 7.07. The molecule has 0 fully saturated rings. The number of methoxy groups -OCH3 is 2. The number of benzene rings is 1. The Balaban J connectivity index is 2.05. The molecule has 5 heteroatoms. The number of anilines is 1. The normalized spacial score (nSPS) is 12.3. The lowest BCUT2D eigenvalue weighted by molar-refractivity contribution is 0.355. The number of hydrogen-bond acceptors (Lipinski definition) is 5. The van der Waals surface area contributed by atoms with E-state index in [-0.39, 0.29) is 0 Å². The quantitative estimate of drug-likeness (QED) is 0.603. The highest BCUT2D eigenvalue weighted by molar-refractivity contribution is 7.19. The van der Waals surface area contributed by atoms with Gasteiger partial charge in [-0.15, -0.1) is 11.3 Å². The van der Waals surface area contributed by atoms with Gasteiger partial charge in [-0.25, -0.2) is 4.98 Å². The minimum absolute atomic E-state index is 0.744. The molecule has 0 saturated carbocycles. The van der Waals surface area contributed by atoms with Crippen LogP contribution < -0.4 is 15.2 Å². The van der Waals surface area contributed by atoms with Crippen molar-refractivity contribution in [2.24, 2.45) is 0 Å². The predicted octanol–water partition coefficient (Wildman–Crippen LogP) is 4.08. The van der Waals surface area contributed by atoms with Crippen molar-refractivity contribution in [1.82, 2.24) is 4.98 Å². The van der Waals surface area contributed by atoms with Crippen molar-refractivity contribution in [2.75, 3.05) is 20.0 Å². The number of fused-ring (bicyclic) bond motifs is 5. The number of aryl methyl sites for hydroxylation is 1. The van der Waals surface area contributed by atoms with Gasteiger partial charge >= 0.3 is 0 Å². The molecule has 0 unspecified atom stereocenters. The van der Waals surface area contributed by atoms with Gasteiger partial charge in [0.15, 0.2) is 11.5 Å². The molecule has 0 spiro atoms. The van der Waals surface area contributed by atoms with E-state index in [0.717, 1.165) is 45.1 Å². The molecule has 2 N–H and O–H groups in total. The van der Waals surface area contributed by atoms with Crippen molar-refractivity contribution >= 4 is 27.2 Å². The van der Waals surface area contributed by atoms with Crippen LogP contribution in [0.5, 0.6) is 11.5 Å². The average Bonchev–Trinajstić information content (AvgIpc) is 3.06. The van der Waals surface area contributed by atoms with Crippen molar-refractivity contribution in [3.8, 4) is 22.6 Å². The molecule has 0 saturated heterocycles. The number of nitrogens with zero attached hydrogens (tertiary/aromatic N) is 1. The lowest BCUT2D eigenvalue weighted by Crippen LogP contribution is -1.97. The Labute approximate surface area is 138 Å². The van der Waals surface area contributed by atoms with Crippen molar-refractivity contribution in [3.05, 3.63) is 33.8 Å². The summed E-state index contributed by atoms with van der Waals surface area (Å²) in [5.74, 6) is 1.51. The van der Waals surface area contributed by atoms with Gasteiger partial charge in [0.2, 0.25) is 0 Å². The van der Waals surface area contributed by atoms with E-state index in [1.165, 1.54) is 21.6 Å². The second kappa shape index (κ2) is 4.86. The van der Waals surface area contributed by atoms with Gasteiger partial charge in [0.05, 0.1) is 14.2 Å². The molecule has 0 atom stereocenters. The molecule has 0 amide bonds. The Morgan fingerprint density at radius 3 is 2.52 bits per heavy atom. The van der Waals surface area contributed by atoms with E-state index in [1.54, 1.807) is 25.6 Å². The van der Waals surface area contributed by atoms with E-state index >= 15 is 0 Å². The topological polar surface area (TPSA) is 57.4 Å². The summed E-state index contributed by atoms with van der Waals surface area (Å²) in [6.45, 7) is 4.05. The fourth-order valence-electron chi connectivity index (χ4n) is 3.29. The number of hydrogen-bond donors (Lipinski definition) is 1. The van der Waals surface area contributed by atoms with Crippen LogP contribution >= 0.6 is 11.3 Å². The van der Waals surface area contributed by atoms with E-state index in [0.29, 0.717) is 0 Å². The third-order valence-corrected chi connectivity index (χ3v) is 5.76. The molecule has 4 rings (SSSR count). The first-order valence-electron chi connectivity index (χ1n) is 7.48. The number of nitrogen functional groups attached to an aromatic ring is 1. The Morgan fingerprint density at radius 1 is 1.13 bits per heavy atom. The zero-order valence-electron chi connectivity index (χ0n) is 13.6. The monoisotopic (exact) mass is 326 g/mol. The van der Waals surface area contributed by atoms with Gasteiger partial charge in [-0.2, -0.15) is 0 Å². The number of nitrogens with two attached hydrogens (primary N) is 1. The summed E-state index contributed by atoms with van der Waals surface area (Å²) in [5.41, 5.74) is 13.0.